The maximum Gasteiger partial charge on any atom is 0.307 e. The summed E-state index contributed by atoms with van der Waals surface area (Å²) in [4.78, 5) is 16.6. The van der Waals surface area contributed by atoms with Crippen molar-refractivity contribution in [3.05, 3.63) is 77.5 Å². The zero-order valence-electron chi connectivity index (χ0n) is 24.3. The highest BCUT2D eigenvalue weighted by molar-refractivity contribution is 7.90. The van der Waals surface area contributed by atoms with Crippen LogP contribution in [0.15, 0.2) is 60.8 Å². The van der Waals surface area contributed by atoms with Gasteiger partial charge in [-0.3, -0.25) is 4.79 Å². The third-order valence-electron chi connectivity index (χ3n) is 6.44. The Hall–Kier alpha value is -4.36. The van der Waals surface area contributed by atoms with E-state index in [2.05, 4.69) is 21.9 Å². The van der Waals surface area contributed by atoms with E-state index in [9.17, 15) is 13.2 Å². The molecule has 0 spiro atoms. The zero-order chi connectivity index (χ0) is 30.1. The van der Waals surface area contributed by atoms with Crippen LogP contribution >= 0.6 is 0 Å². The summed E-state index contributed by atoms with van der Waals surface area (Å²) in [6.45, 7) is 6.53. The van der Waals surface area contributed by atoms with Gasteiger partial charge in [-0.1, -0.05) is 24.1 Å². The van der Waals surface area contributed by atoms with Gasteiger partial charge in [-0.25, -0.2) is 17.9 Å². The first-order chi connectivity index (χ1) is 20.1. The number of hydrogen-bond donors (Lipinski definition) is 0. The Morgan fingerprint density at radius 2 is 1.81 bits per heavy atom. The van der Waals surface area contributed by atoms with Gasteiger partial charge in [-0.05, 0) is 74.7 Å². The largest absolute Gasteiger partial charge is 0.494 e. The lowest BCUT2D eigenvalue weighted by Gasteiger charge is -2.12. The van der Waals surface area contributed by atoms with E-state index in [-0.39, 0.29) is 24.1 Å². The summed E-state index contributed by atoms with van der Waals surface area (Å²) in [6.07, 6.45) is 3.76. The van der Waals surface area contributed by atoms with Gasteiger partial charge in [0.1, 0.15) is 27.9 Å². The number of sulfone groups is 1. The van der Waals surface area contributed by atoms with E-state index in [1.54, 1.807) is 18.4 Å². The summed E-state index contributed by atoms with van der Waals surface area (Å²) >= 11 is 0. The average molecular weight is 590 g/mol. The summed E-state index contributed by atoms with van der Waals surface area (Å²) < 4.78 is 41.1. The molecule has 2 heterocycles. The van der Waals surface area contributed by atoms with E-state index in [1.165, 1.54) is 6.26 Å². The lowest BCUT2D eigenvalue weighted by molar-refractivity contribution is -0.143. The molecule has 2 aromatic carbocycles. The third-order valence-corrected chi connectivity index (χ3v) is 7.47. The number of ether oxygens (including phenoxy) is 3. The number of fused-ring (bicyclic) bond motifs is 1. The normalized spacial score (nSPS) is 11.9. The van der Waals surface area contributed by atoms with E-state index >= 15 is 0 Å². The Bertz CT molecular complexity index is 1700. The summed E-state index contributed by atoms with van der Waals surface area (Å²) in [7, 11) is -3.00. The van der Waals surface area contributed by atoms with Crippen LogP contribution < -0.4 is 9.47 Å². The van der Waals surface area contributed by atoms with Gasteiger partial charge in [-0.15, -0.1) is 11.0 Å². The monoisotopic (exact) mass is 589 g/mol. The summed E-state index contributed by atoms with van der Waals surface area (Å²) in [5.41, 5.74) is 4.41. The van der Waals surface area contributed by atoms with E-state index in [1.807, 2.05) is 67.7 Å². The first-order valence-electron chi connectivity index (χ1n) is 13.7. The number of aromatic nitrogens is 3. The van der Waals surface area contributed by atoms with Crippen molar-refractivity contribution in [1.29, 1.82) is 0 Å². The van der Waals surface area contributed by atoms with Crippen molar-refractivity contribution < 1.29 is 27.4 Å². The molecular formula is C32H35N3O6S. The first kappa shape index (κ1) is 30.6. The van der Waals surface area contributed by atoms with Crippen LogP contribution in [0.5, 0.6) is 11.5 Å². The molecule has 0 fully saturated rings. The Balaban J connectivity index is 1.38. The number of esters is 1. The quantitative estimate of drug-likeness (QED) is 0.120. The number of carbonyl (C=O) groups excluding carboxylic acids is 1. The van der Waals surface area contributed by atoms with E-state index in [4.69, 9.17) is 14.2 Å². The average Bonchev–Trinajstić information content (AvgIpc) is 3.37. The third kappa shape index (κ3) is 8.57. The molecule has 4 rings (SSSR count). The molecule has 0 aliphatic rings. The van der Waals surface area contributed by atoms with Crippen LogP contribution in [-0.2, 0) is 26.0 Å². The van der Waals surface area contributed by atoms with Gasteiger partial charge in [0.05, 0.1) is 31.3 Å². The van der Waals surface area contributed by atoms with Crippen molar-refractivity contribution in [2.75, 3.05) is 25.2 Å². The standard InChI is InChI=1S/C32H35N3O6S/c1-5-8-26(20-31(36)39-6-2)25-10-12-27(13-11-25)41-22-24-9-16-30-33-32(34-35(30)21-24)29-15-14-28(19-23(29)3)40-17-7-18-42(4,37)38/h9-16,19,21,26H,6-7,17-18,20,22H2,1-4H3/t26-/m0/s1. The molecule has 10 heteroatoms. The molecule has 0 N–H and O–H groups in total. The Labute approximate surface area is 246 Å². The Morgan fingerprint density at radius 1 is 1.05 bits per heavy atom. The zero-order valence-corrected chi connectivity index (χ0v) is 25.1. The van der Waals surface area contributed by atoms with Gasteiger partial charge < -0.3 is 14.2 Å². The molecule has 2 aromatic heterocycles. The fourth-order valence-electron chi connectivity index (χ4n) is 4.39. The first-order valence-corrected chi connectivity index (χ1v) is 15.8. The van der Waals surface area contributed by atoms with Gasteiger partial charge in [0.25, 0.3) is 0 Å². The second-order valence-corrected chi connectivity index (χ2v) is 12.2. The number of pyridine rings is 1. The number of hydrogen-bond acceptors (Lipinski definition) is 8. The predicted octanol–water partition coefficient (Wildman–Crippen LogP) is 5.16. The van der Waals surface area contributed by atoms with Gasteiger partial charge in [0.2, 0.25) is 0 Å². The van der Waals surface area contributed by atoms with Crippen molar-refractivity contribution >= 4 is 21.5 Å². The van der Waals surface area contributed by atoms with Gasteiger partial charge >= 0.3 is 5.97 Å². The lowest BCUT2D eigenvalue weighted by atomic mass is 9.96. The highest BCUT2D eigenvalue weighted by Gasteiger charge is 2.15. The molecule has 9 nitrogen and oxygen atoms in total. The van der Waals surface area contributed by atoms with Crippen LogP contribution in [0.3, 0.4) is 0 Å². The molecule has 0 amide bonds. The minimum Gasteiger partial charge on any atom is -0.494 e. The van der Waals surface area contributed by atoms with E-state index in [0.717, 1.165) is 22.3 Å². The molecule has 220 valence electrons. The second kappa shape index (κ2) is 14.0. The maximum absolute atomic E-state index is 12.0. The fourth-order valence-corrected chi connectivity index (χ4v) is 5.03. The highest BCUT2D eigenvalue weighted by Crippen LogP contribution is 2.26. The molecule has 0 aliphatic heterocycles. The molecule has 0 unspecified atom stereocenters. The smallest absolute Gasteiger partial charge is 0.307 e. The minimum absolute atomic E-state index is 0.0994. The molecule has 0 radical (unpaired) electrons. The second-order valence-electron chi connectivity index (χ2n) is 9.90. The number of benzene rings is 2. The summed E-state index contributed by atoms with van der Waals surface area (Å²) in [5, 5.41) is 4.67. The van der Waals surface area contributed by atoms with Crippen LogP contribution in [0.4, 0.5) is 0 Å². The van der Waals surface area contributed by atoms with Gasteiger partial charge in [-0.2, -0.15) is 0 Å². The van der Waals surface area contributed by atoms with Crippen LogP contribution in [0.1, 0.15) is 49.3 Å². The molecule has 0 saturated carbocycles. The van der Waals surface area contributed by atoms with Crippen molar-refractivity contribution in [2.24, 2.45) is 0 Å². The molecule has 0 bridgehead atoms. The molecular weight excluding hydrogens is 554 g/mol. The molecule has 42 heavy (non-hydrogen) atoms. The van der Waals surface area contributed by atoms with Crippen LogP contribution in [0.2, 0.25) is 0 Å². The highest BCUT2D eigenvalue weighted by atomic mass is 32.2. The molecule has 1 atom stereocenters. The van der Waals surface area contributed by atoms with E-state index < -0.39 is 9.84 Å². The van der Waals surface area contributed by atoms with Crippen molar-refractivity contribution in [3.8, 4) is 34.7 Å². The number of aryl methyl sites for hydroxylation is 1. The fraction of sp³-hybridized carbons (Fsp3) is 0.344. The number of carbonyl (C=O) groups is 1. The summed E-state index contributed by atoms with van der Waals surface area (Å²) in [6, 6.07) is 17.1. The van der Waals surface area contributed by atoms with Gasteiger partial charge in [0, 0.05) is 23.6 Å². The maximum atomic E-state index is 12.0. The number of nitrogens with zero attached hydrogens (tertiary/aromatic N) is 3. The topological polar surface area (TPSA) is 109 Å². The predicted molar refractivity (Wildman–Crippen MR) is 161 cm³/mol. The molecule has 0 saturated heterocycles. The van der Waals surface area contributed by atoms with Crippen LogP contribution in [0, 0.1) is 18.8 Å². The Morgan fingerprint density at radius 3 is 2.50 bits per heavy atom. The Kier molecular flexibility index (Phi) is 10.2. The van der Waals surface area contributed by atoms with E-state index in [0.29, 0.717) is 49.2 Å². The van der Waals surface area contributed by atoms with Crippen molar-refractivity contribution in [1.82, 2.24) is 14.6 Å². The minimum atomic E-state index is -3.00. The van der Waals surface area contributed by atoms with Gasteiger partial charge in [0.15, 0.2) is 11.5 Å². The lowest BCUT2D eigenvalue weighted by Crippen LogP contribution is -2.09. The van der Waals surface area contributed by atoms with Crippen LogP contribution in [-0.4, -0.2) is 54.2 Å². The summed E-state index contributed by atoms with van der Waals surface area (Å²) in [5.74, 6) is 7.55. The molecule has 0 aliphatic carbocycles. The molecule has 4 aromatic rings. The van der Waals surface area contributed by atoms with Crippen LogP contribution in [0.25, 0.3) is 17.0 Å². The number of rotatable bonds is 13. The van der Waals surface area contributed by atoms with Crippen molar-refractivity contribution in [3.63, 3.8) is 0 Å². The van der Waals surface area contributed by atoms with Crippen molar-refractivity contribution in [2.45, 2.75) is 46.1 Å². The SMILES string of the molecule is CC#C[C@@H](CC(=O)OCC)c1ccc(OCc2ccc3nc(-c4ccc(OCCCS(C)(=O)=O)cc4C)nn3c2)cc1.